The third-order valence-electron chi connectivity index (χ3n) is 13.7. The van der Waals surface area contributed by atoms with Gasteiger partial charge in [-0.25, -0.2) is 0 Å². The molecule has 0 unspecified atom stereocenters. The van der Waals surface area contributed by atoms with Crippen LogP contribution in [0.5, 0.6) is 0 Å². The molecule has 4 aromatic heterocycles. The summed E-state index contributed by atoms with van der Waals surface area (Å²) in [6.07, 6.45) is 0. The van der Waals surface area contributed by atoms with E-state index in [1.54, 1.807) is 0 Å². The van der Waals surface area contributed by atoms with E-state index in [4.69, 9.17) is 8.83 Å². The quantitative estimate of drug-likeness (QED) is 0.168. The van der Waals surface area contributed by atoms with E-state index in [1.807, 2.05) is 0 Å². The highest BCUT2D eigenvalue weighted by molar-refractivity contribution is 6.32. The molecule has 9 aromatic carbocycles. The lowest BCUT2D eigenvalue weighted by atomic mass is 9.70. The maximum absolute atomic E-state index is 6.80. The van der Waals surface area contributed by atoms with E-state index in [2.05, 4.69) is 180 Å². The fourth-order valence-electron chi connectivity index (χ4n) is 11.5. The standard InChI is InChI=1S/C55H29NO2/c1-6-16-44-32(11-1)33-12-2-7-17-45(33)55(44)46-18-8-3-13-34(46)35-22-21-30(29-47(35)55)31-27-42-38-23-25-40-36-14-4-9-19-48(36)57-53(40)51(38)56-50(42)43(28-31)39-24-26-41-37-15-5-10-20-49(37)58-54(41)52(39)56/h1-29H. The Hall–Kier alpha value is -7.62. The summed E-state index contributed by atoms with van der Waals surface area (Å²) in [4.78, 5) is 0. The van der Waals surface area contributed by atoms with Crippen LogP contribution in [-0.2, 0) is 5.41 Å². The molecule has 3 nitrogen and oxygen atoms in total. The van der Waals surface area contributed by atoms with Crippen molar-refractivity contribution in [2.45, 2.75) is 5.41 Å². The highest BCUT2D eigenvalue weighted by Crippen LogP contribution is 2.63. The Morgan fingerprint density at radius 3 is 1.29 bits per heavy atom. The van der Waals surface area contributed by atoms with Gasteiger partial charge in [-0.2, -0.15) is 0 Å². The number of para-hydroxylation sites is 2. The summed E-state index contributed by atoms with van der Waals surface area (Å²) in [6, 6.07) is 65.0. The molecule has 0 radical (unpaired) electrons. The average molecular weight is 736 g/mol. The van der Waals surface area contributed by atoms with Crippen molar-refractivity contribution in [3.63, 3.8) is 0 Å². The SMILES string of the molecule is c1ccc2c(c1)-c1ccccc1C21c2ccccc2-c2ccc(-c3cc4c5ccc6c7ccccc7oc6c5n5c4c(c3)c3ccc4c6ccccc6oc4c35)cc21. The van der Waals surface area contributed by atoms with Crippen molar-refractivity contribution < 1.29 is 8.83 Å². The molecule has 4 heterocycles. The first-order chi connectivity index (χ1) is 28.8. The number of hydrogen-bond donors (Lipinski definition) is 0. The summed E-state index contributed by atoms with van der Waals surface area (Å²) in [7, 11) is 0. The molecule has 266 valence electrons. The minimum atomic E-state index is -0.404. The van der Waals surface area contributed by atoms with Crippen molar-refractivity contribution in [1.29, 1.82) is 0 Å². The van der Waals surface area contributed by atoms with Gasteiger partial charge in [-0.05, 0) is 98.1 Å². The molecule has 0 atom stereocenters. The van der Waals surface area contributed by atoms with Crippen molar-refractivity contribution in [2.24, 2.45) is 0 Å². The number of furan rings is 2. The van der Waals surface area contributed by atoms with Gasteiger partial charge >= 0.3 is 0 Å². The van der Waals surface area contributed by atoms with Crippen molar-refractivity contribution in [2.75, 3.05) is 0 Å². The zero-order valence-electron chi connectivity index (χ0n) is 31.0. The van der Waals surface area contributed by atoms with Crippen LogP contribution in [0.25, 0.3) is 115 Å². The van der Waals surface area contributed by atoms with E-state index in [1.165, 1.54) is 82.7 Å². The van der Waals surface area contributed by atoms with Crippen LogP contribution in [0.3, 0.4) is 0 Å². The van der Waals surface area contributed by atoms with Crippen molar-refractivity contribution in [1.82, 2.24) is 4.40 Å². The van der Waals surface area contributed by atoms with E-state index in [9.17, 15) is 0 Å². The number of aromatic nitrogens is 1. The second-order valence-electron chi connectivity index (χ2n) is 16.3. The molecule has 0 bridgehead atoms. The van der Waals surface area contributed by atoms with Crippen LogP contribution < -0.4 is 0 Å². The van der Waals surface area contributed by atoms with Crippen LogP contribution in [-0.4, -0.2) is 4.40 Å². The first kappa shape index (κ1) is 29.6. The van der Waals surface area contributed by atoms with Crippen LogP contribution in [0.15, 0.2) is 185 Å². The minimum absolute atomic E-state index is 0.404. The largest absolute Gasteiger partial charge is 0.454 e. The normalized spacial score (nSPS) is 14.0. The van der Waals surface area contributed by atoms with Crippen LogP contribution in [0.4, 0.5) is 0 Å². The van der Waals surface area contributed by atoms with Gasteiger partial charge in [0.2, 0.25) is 0 Å². The topological polar surface area (TPSA) is 30.7 Å². The number of rotatable bonds is 1. The van der Waals surface area contributed by atoms with E-state index in [-0.39, 0.29) is 0 Å². The number of fused-ring (bicyclic) bond motifs is 24. The first-order valence-corrected chi connectivity index (χ1v) is 20.1. The summed E-state index contributed by atoms with van der Waals surface area (Å²) >= 11 is 0. The van der Waals surface area contributed by atoms with Gasteiger partial charge in [0.25, 0.3) is 0 Å². The summed E-state index contributed by atoms with van der Waals surface area (Å²) in [5.74, 6) is 0. The second kappa shape index (κ2) is 10.0. The summed E-state index contributed by atoms with van der Waals surface area (Å²) in [5, 5.41) is 9.26. The predicted octanol–water partition coefficient (Wildman–Crippen LogP) is 14.6. The lowest BCUT2D eigenvalue weighted by molar-refractivity contribution is 0.670. The molecule has 0 N–H and O–H groups in total. The first-order valence-electron chi connectivity index (χ1n) is 20.1. The summed E-state index contributed by atoms with van der Waals surface area (Å²) in [5.41, 5.74) is 19.6. The maximum Gasteiger partial charge on any atom is 0.160 e. The van der Waals surface area contributed by atoms with Gasteiger partial charge in [-0.15, -0.1) is 0 Å². The Balaban J connectivity index is 1.08. The van der Waals surface area contributed by atoms with Gasteiger partial charge in [-0.1, -0.05) is 133 Å². The molecule has 15 rings (SSSR count). The smallest absolute Gasteiger partial charge is 0.160 e. The molecule has 0 amide bonds. The molecule has 0 aliphatic heterocycles. The Kier molecular flexibility index (Phi) is 5.12. The number of nitrogens with zero attached hydrogens (tertiary/aromatic N) is 1. The Bertz CT molecular complexity index is 3760. The Morgan fingerprint density at radius 1 is 0.310 bits per heavy atom. The average Bonchev–Trinajstić information content (AvgIpc) is 4.11. The van der Waals surface area contributed by atoms with Gasteiger partial charge in [-0.3, -0.25) is 0 Å². The molecule has 13 aromatic rings. The lowest BCUT2D eigenvalue weighted by Gasteiger charge is -2.30. The van der Waals surface area contributed by atoms with Gasteiger partial charge in [0.15, 0.2) is 11.2 Å². The fraction of sp³-hybridized carbons (Fsp3) is 0.0182. The molecular weight excluding hydrogens is 707 g/mol. The molecule has 2 aliphatic carbocycles. The third-order valence-corrected chi connectivity index (χ3v) is 13.7. The third kappa shape index (κ3) is 3.27. The highest BCUT2D eigenvalue weighted by Gasteiger charge is 2.51. The molecule has 0 saturated heterocycles. The fourth-order valence-corrected chi connectivity index (χ4v) is 11.5. The molecule has 3 heteroatoms. The van der Waals surface area contributed by atoms with Crippen molar-refractivity contribution >= 4 is 82.0 Å². The molecular formula is C55H29NO2. The lowest BCUT2D eigenvalue weighted by Crippen LogP contribution is -2.25. The molecule has 0 saturated carbocycles. The van der Waals surface area contributed by atoms with Crippen LogP contribution >= 0.6 is 0 Å². The molecule has 58 heavy (non-hydrogen) atoms. The van der Waals surface area contributed by atoms with E-state index < -0.39 is 5.41 Å². The van der Waals surface area contributed by atoms with Crippen LogP contribution in [0, 0.1) is 0 Å². The molecule has 0 fully saturated rings. The van der Waals surface area contributed by atoms with Crippen LogP contribution in [0.1, 0.15) is 22.3 Å². The summed E-state index contributed by atoms with van der Waals surface area (Å²) < 4.78 is 16.0. The van der Waals surface area contributed by atoms with E-state index in [0.717, 1.165) is 54.9 Å². The zero-order valence-corrected chi connectivity index (χ0v) is 31.0. The Labute approximate surface area is 330 Å². The summed E-state index contributed by atoms with van der Waals surface area (Å²) in [6.45, 7) is 0. The van der Waals surface area contributed by atoms with Gasteiger partial charge in [0, 0.05) is 43.1 Å². The monoisotopic (exact) mass is 735 g/mol. The highest BCUT2D eigenvalue weighted by atomic mass is 16.3. The van der Waals surface area contributed by atoms with Gasteiger partial charge in [0.05, 0.1) is 22.0 Å². The number of benzene rings is 9. The van der Waals surface area contributed by atoms with Crippen molar-refractivity contribution in [3.05, 3.63) is 198 Å². The van der Waals surface area contributed by atoms with Crippen LogP contribution in [0.2, 0.25) is 0 Å². The van der Waals surface area contributed by atoms with Gasteiger partial charge in [0.1, 0.15) is 11.2 Å². The second-order valence-corrected chi connectivity index (χ2v) is 16.3. The van der Waals surface area contributed by atoms with E-state index in [0.29, 0.717) is 0 Å². The van der Waals surface area contributed by atoms with E-state index >= 15 is 0 Å². The minimum Gasteiger partial charge on any atom is -0.454 e. The molecule has 1 spiro atoms. The zero-order chi connectivity index (χ0) is 37.4. The molecule has 2 aliphatic rings. The number of hydrogen-bond acceptors (Lipinski definition) is 2. The maximum atomic E-state index is 6.80. The van der Waals surface area contributed by atoms with Crippen molar-refractivity contribution in [3.8, 4) is 33.4 Å². The predicted molar refractivity (Wildman–Crippen MR) is 237 cm³/mol. The Morgan fingerprint density at radius 2 is 0.759 bits per heavy atom. The van der Waals surface area contributed by atoms with Gasteiger partial charge < -0.3 is 13.2 Å².